The zero-order valence-electron chi connectivity index (χ0n) is 10.5. The molecule has 0 saturated heterocycles. The van der Waals surface area contributed by atoms with Gasteiger partial charge in [-0.1, -0.05) is 11.6 Å². The Morgan fingerprint density at radius 1 is 1.32 bits per heavy atom. The smallest absolute Gasteiger partial charge is 0.337 e. The number of hydrogen-bond acceptors (Lipinski definition) is 5. The fourth-order valence-electron chi connectivity index (χ4n) is 1.62. The van der Waals surface area contributed by atoms with Crippen LogP contribution in [0.3, 0.4) is 0 Å². The van der Waals surface area contributed by atoms with E-state index in [1.807, 2.05) is 0 Å². The summed E-state index contributed by atoms with van der Waals surface area (Å²) in [5, 5.41) is 8.78. The molecule has 1 N–H and O–H groups in total. The lowest BCUT2D eigenvalue weighted by molar-refractivity contribution is -0.107. The second-order valence-electron chi connectivity index (χ2n) is 3.72. The Morgan fingerprint density at radius 2 is 1.84 bits per heavy atom. The molecule has 0 heterocycles. The molecule has 1 aromatic carbocycles. The van der Waals surface area contributed by atoms with Crippen molar-refractivity contribution in [2.45, 2.75) is 11.2 Å². The van der Waals surface area contributed by atoms with Crippen LogP contribution in [0.1, 0.15) is 22.2 Å². The fraction of sp³-hybridized carbons (Fsp3) is 0.364. The maximum atomic E-state index is 11.7. The number of carbonyl (C=O) groups is 1. The number of hydrogen-bond donors (Lipinski definition) is 1. The minimum absolute atomic E-state index is 0.0194. The molecule has 0 amide bonds. The van der Waals surface area contributed by atoms with E-state index >= 15 is 0 Å². The van der Waals surface area contributed by atoms with Gasteiger partial charge in [-0.3, -0.25) is 0 Å². The third-order valence-electron chi connectivity index (χ3n) is 2.43. The van der Waals surface area contributed by atoms with Crippen molar-refractivity contribution in [1.29, 1.82) is 0 Å². The van der Waals surface area contributed by atoms with E-state index in [1.165, 1.54) is 20.3 Å². The van der Waals surface area contributed by atoms with Gasteiger partial charge in [-0.25, -0.2) is 13.2 Å². The summed E-state index contributed by atoms with van der Waals surface area (Å²) in [6.07, 6.45) is -0.0816. The maximum Gasteiger partial charge on any atom is 0.337 e. The summed E-state index contributed by atoms with van der Waals surface area (Å²) in [6.45, 7) is 0. The van der Waals surface area contributed by atoms with E-state index < -0.39 is 22.1 Å². The molecule has 0 saturated carbocycles. The number of ether oxygens (including phenoxy) is 2. The van der Waals surface area contributed by atoms with Gasteiger partial charge >= 0.3 is 5.97 Å². The van der Waals surface area contributed by atoms with Gasteiger partial charge in [0.2, 0.25) is 0 Å². The molecule has 0 atom stereocenters. The lowest BCUT2D eigenvalue weighted by Crippen LogP contribution is -2.13. The molecule has 1 rings (SSSR count). The number of methoxy groups -OCH3 is 2. The number of carboxylic acids is 1. The molecule has 0 fully saturated rings. The summed E-state index contributed by atoms with van der Waals surface area (Å²) >= 11 is 5.96. The summed E-state index contributed by atoms with van der Waals surface area (Å²) in [7, 11) is -1.01. The monoisotopic (exact) mass is 308 g/mol. The van der Waals surface area contributed by atoms with E-state index in [0.717, 1.165) is 12.3 Å². The third-order valence-corrected chi connectivity index (χ3v) is 4.00. The first-order chi connectivity index (χ1) is 8.73. The Balaban J connectivity index is 3.69. The van der Waals surface area contributed by atoms with Crippen LogP contribution in [0, 0.1) is 0 Å². The molecule has 0 bridgehead atoms. The van der Waals surface area contributed by atoms with Crippen LogP contribution < -0.4 is 0 Å². The molecule has 0 aliphatic carbocycles. The molecule has 6 nitrogen and oxygen atoms in total. The summed E-state index contributed by atoms with van der Waals surface area (Å²) in [6, 6.07) is 2.30. The standard InChI is InChI=1S/C11H13ClO6S/c1-17-11(18-2)8-7(19(3,15)16)5-4-6(9(8)12)10(13)14/h4-5,11H,1-3H3,(H,13,14). The normalized spacial score (nSPS) is 11.8. The lowest BCUT2D eigenvalue weighted by Gasteiger charge is -2.19. The Kier molecular flexibility index (Phi) is 4.92. The molecular formula is C11H13ClO6S. The predicted octanol–water partition coefficient (Wildman–Crippen LogP) is 1.73. The van der Waals surface area contributed by atoms with Crippen LogP contribution in [0.25, 0.3) is 0 Å². The Labute approximate surface area is 115 Å². The first-order valence-electron chi connectivity index (χ1n) is 5.05. The van der Waals surface area contributed by atoms with Gasteiger partial charge in [0, 0.05) is 26.0 Å². The molecule has 0 unspecified atom stereocenters. The maximum absolute atomic E-state index is 11.7. The van der Waals surface area contributed by atoms with E-state index in [1.54, 1.807) is 0 Å². The van der Waals surface area contributed by atoms with Crippen LogP contribution in [0.2, 0.25) is 5.02 Å². The average molecular weight is 309 g/mol. The summed E-state index contributed by atoms with van der Waals surface area (Å²) in [4.78, 5) is 10.9. The largest absolute Gasteiger partial charge is 0.478 e. The van der Waals surface area contributed by atoms with Gasteiger partial charge in [-0.2, -0.15) is 0 Å². The molecule has 0 radical (unpaired) electrons. The van der Waals surface area contributed by atoms with Crippen LogP contribution in [0.4, 0.5) is 0 Å². The summed E-state index contributed by atoms with van der Waals surface area (Å²) in [5.74, 6) is -1.27. The number of halogens is 1. The number of rotatable bonds is 5. The van der Waals surface area contributed by atoms with Gasteiger partial charge in [-0.15, -0.1) is 0 Å². The van der Waals surface area contributed by atoms with Crippen molar-refractivity contribution in [3.8, 4) is 0 Å². The van der Waals surface area contributed by atoms with Gasteiger partial charge < -0.3 is 14.6 Å². The van der Waals surface area contributed by atoms with Crippen molar-refractivity contribution in [2.75, 3.05) is 20.5 Å². The van der Waals surface area contributed by atoms with Crippen molar-refractivity contribution in [3.05, 3.63) is 28.3 Å². The average Bonchev–Trinajstić information content (AvgIpc) is 2.30. The van der Waals surface area contributed by atoms with Crippen LogP contribution in [-0.2, 0) is 19.3 Å². The van der Waals surface area contributed by atoms with Crippen LogP contribution in [-0.4, -0.2) is 40.0 Å². The second kappa shape index (κ2) is 5.87. The van der Waals surface area contributed by atoms with Gasteiger partial charge in [0.15, 0.2) is 16.1 Å². The first-order valence-corrected chi connectivity index (χ1v) is 7.32. The highest BCUT2D eigenvalue weighted by molar-refractivity contribution is 7.90. The first kappa shape index (κ1) is 15.9. The Morgan fingerprint density at radius 3 is 2.21 bits per heavy atom. The summed E-state index contributed by atoms with van der Waals surface area (Å²) in [5.41, 5.74) is -0.239. The van der Waals surface area contributed by atoms with E-state index in [0.29, 0.717) is 0 Å². The lowest BCUT2D eigenvalue weighted by atomic mass is 10.1. The Hall–Kier alpha value is -1.15. The van der Waals surface area contributed by atoms with E-state index in [9.17, 15) is 13.2 Å². The quantitative estimate of drug-likeness (QED) is 0.833. The minimum Gasteiger partial charge on any atom is -0.478 e. The molecule has 19 heavy (non-hydrogen) atoms. The molecule has 0 aliphatic rings. The van der Waals surface area contributed by atoms with E-state index in [-0.39, 0.29) is 21.0 Å². The van der Waals surface area contributed by atoms with Crippen LogP contribution in [0.5, 0.6) is 0 Å². The molecule has 0 aromatic heterocycles. The molecule has 106 valence electrons. The second-order valence-corrected chi connectivity index (χ2v) is 6.08. The molecular weight excluding hydrogens is 296 g/mol. The highest BCUT2D eigenvalue weighted by Gasteiger charge is 2.27. The van der Waals surface area contributed by atoms with Crippen LogP contribution >= 0.6 is 11.6 Å². The predicted molar refractivity (Wildman–Crippen MR) is 68.3 cm³/mol. The zero-order valence-corrected chi connectivity index (χ0v) is 12.1. The van der Waals surface area contributed by atoms with Crippen molar-refractivity contribution in [2.24, 2.45) is 0 Å². The van der Waals surface area contributed by atoms with E-state index in [4.69, 9.17) is 26.2 Å². The minimum atomic E-state index is -3.60. The molecule has 0 spiro atoms. The van der Waals surface area contributed by atoms with Gasteiger partial charge in [0.1, 0.15) is 0 Å². The van der Waals surface area contributed by atoms with Gasteiger partial charge in [-0.05, 0) is 12.1 Å². The van der Waals surface area contributed by atoms with Gasteiger partial charge in [0.05, 0.1) is 15.5 Å². The third kappa shape index (κ3) is 3.24. The van der Waals surface area contributed by atoms with E-state index in [2.05, 4.69) is 0 Å². The fourth-order valence-corrected chi connectivity index (χ4v) is 2.92. The van der Waals surface area contributed by atoms with Crippen LogP contribution in [0.15, 0.2) is 17.0 Å². The number of aromatic carboxylic acids is 1. The highest BCUT2D eigenvalue weighted by atomic mass is 35.5. The van der Waals surface area contributed by atoms with Gasteiger partial charge in [0.25, 0.3) is 0 Å². The number of sulfone groups is 1. The SMILES string of the molecule is COC(OC)c1c(S(C)(=O)=O)ccc(C(=O)O)c1Cl. The highest BCUT2D eigenvalue weighted by Crippen LogP contribution is 2.34. The topological polar surface area (TPSA) is 89.9 Å². The van der Waals surface area contributed by atoms with Crippen molar-refractivity contribution < 1.29 is 27.8 Å². The number of benzene rings is 1. The van der Waals surface area contributed by atoms with Crippen molar-refractivity contribution in [3.63, 3.8) is 0 Å². The zero-order chi connectivity index (χ0) is 14.8. The molecule has 8 heteroatoms. The molecule has 0 aliphatic heterocycles. The Bertz CT molecular complexity index is 591. The molecule has 1 aromatic rings. The summed E-state index contributed by atoms with van der Waals surface area (Å²) < 4.78 is 33.4. The number of carboxylic acid groups (broad SMARTS) is 1. The van der Waals surface area contributed by atoms with Crippen molar-refractivity contribution >= 4 is 27.4 Å². The van der Waals surface area contributed by atoms with Crippen molar-refractivity contribution in [1.82, 2.24) is 0 Å².